The van der Waals surface area contributed by atoms with Crippen molar-refractivity contribution in [1.82, 2.24) is 24.8 Å². The molecule has 0 radical (unpaired) electrons. The first-order valence-electron chi connectivity index (χ1n) is 11.6. The highest BCUT2D eigenvalue weighted by Gasteiger charge is 2.29. The second-order valence-electron chi connectivity index (χ2n) is 8.47. The van der Waals surface area contributed by atoms with Gasteiger partial charge in [-0.25, -0.2) is 14.3 Å². The molecule has 1 unspecified atom stereocenters. The number of benzene rings is 1. The molecule has 2 aliphatic heterocycles. The molecule has 3 aromatic rings. The van der Waals surface area contributed by atoms with Crippen LogP contribution < -0.4 is 10.6 Å². The summed E-state index contributed by atoms with van der Waals surface area (Å²) in [6.07, 6.45) is 6.03. The van der Waals surface area contributed by atoms with E-state index in [2.05, 4.69) is 39.9 Å². The highest BCUT2D eigenvalue weighted by Crippen LogP contribution is 2.27. The minimum atomic E-state index is -0.228. The molecule has 2 aliphatic rings. The number of anilines is 1. The number of imidazole rings is 1. The van der Waals surface area contributed by atoms with Crippen molar-refractivity contribution < 1.29 is 9.53 Å². The van der Waals surface area contributed by atoms with Gasteiger partial charge in [0, 0.05) is 24.7 Å². The first-order chi connectivity index (χ1) is 15.7. The van der Waals surface area contributed by atoms with E-state index in [4.69, 9.17) is 9.84 Å². The zero-order valence-electron chi connectivity index (χ0n) is 18.5. The van der Waals surface area contributed by atoms with Crippen molar-refractivity contribution in [2.24, 2.45) is 0 Å². The fraction of sp³-hybridized carbons (Fsp3) is 0.458. The molecule has 0 saturated carbocycles. The molecular formula is C24H30N6O2. The van der Waals surface area contributed by atoms with Gasteiger partial charge in [-0.3, -0.25) is 0 Å². The summed E-state index contributed by atoms with van der Waals surface area (Å²) in [6.45, 7) is 4.72. The van der Waals surface area contributed by atoms with E-state index in [1.807, 2.05) is 34.7 Å². The fourth-order valence-corrected chi connectivity index (χ4v) is 4.74. The summed E-state index contributed by atoms with van der Waals surface area (Å²) in [5.74, 6) is 0.763. The van der Waals surface area contributed by atoms with Crippen LogP contribution in [0.5, 0.6) is 0 Å². The number of nitrogens with zero attached hydrogens (tertiary/aromatic N) is 4. The third kappa shape index (κ3) is 4.14. The number of carbonyl (C=O) groups is 1. The molecule has 8 nitrogen and oxygen atoms in total. The van der Waals surface area contributed by atoms with Crippen LogP contribution in [-0.4, -0.2) is 57.9 Å². The van der Waals surface area contributed by atoms with Gasteiger partial charge in [-0.15, -0.1) is 5.10 Å². The van der Waals surface area contributed by atoms with E-state index in [0.29, 0.717) is 19.2 Å². The van der Waals surface area contributed by atoms with Gasteiger partial charge in [0.2, 0.25) is 0 Å². The van der Waals surface area contributed by atoms with Crippen LogP contribution in [0.1, 0.15) is 44.2 Å². The summed E-state index contributed by atoms with van der Waals surface area (Å²) in [5.41, 5.74) is 4.19. The molecule has 2 N–H and O–H groups in total. The number of amides is 1. The average Bonchev–Trinajstić information content (AvgIpc) is 3.58. The number of rotatable bonds is 6. The molecule has 5 rings (SSSR count). The molecule has 8 heteroatoms. The van der Waals surface area contributed by atoms with Gasteiger partial charge in [-0.1, -0.05) is 24.3 Å². The molecule has 0 aliphatic carbocycles. The van der Waals surface area contributed by atoms with E-state index >= 15 is 0 Å². The summed E-state index contributed by atoms with van der Waals surface area (Å²) in [4.78, 5) is 18.5. The summed E-state index contributed by atoms with van der Waals surface area (Å²) in [6, 6.07) is 13.2. The topological polar surface area (TPSA) is 83.8 Å². The number of hydrogen-bond donors (Lipinski definition) is 2. The maximum atomic E-state index is 12.2. The molecule has 32 heavy (non-hydrogen) atoms. The molecule has 2 saturated heterocycles. The van der Waals surface area contributed by atoms with Crippen molar-refractivity contribution in [2.75, 3.05) is 31.6 Å². The van der Waals surface area contributed by atoms with Gasteiger partial charge in [0.25, 0.3) is 0 Å². The van der Waals surface area contributed by atoms with Crippen LogP contribution >= 0.6 is 0 Å². The first-order valence-corrected chi connectivity index (χ1v) is 11.6. The SMILES string of the molecule is CCOC(=O)N1CCC[C@H]1CNc1ccc2ncc(-c3ccc(C4CCCN4)cc3)n2n1. The van der Waals surface area contributed by atoms with Crippen molar-refractivity contribution >= 4 is 17.6 Å². The Morgan fingerprint density at radius 3 is 2.84 bits per heavy atom. The molecule has 0 bridgehead atoms. The predicted octanol–water partition coefficient (Wildman–Crippen LogP) is 3.85. The number of carbonyl (C=O) groups excluding carboxylic acids is 1. The van der Waals surface area contributed by atoms with E-state index in [-0.39, 0.29) is 12.1 Å². The lowest BCUT2D eigenvalue weighted by Gasteiger charge is -2.24. The number of likely N-dealkylation sites (tertiary alicyclic amines) is 1. The molecule has 2 aromatic heterocycles. The van der Waals surface area contributed by atoms with E-state index in [1.165, 1.54) is 18.4 Å². The lowest BCUT2D eigenvalue weighted by molar-refractivity contribution is 0.104. The lowest BCUT2D eigenvalue weighted by Crippen LogP contribution is -2.40. The first kappa shape index (κ1) is 20.8. The molecule has 0 spiro atoms. The molecule has 1 amide bonds. The van der Waals surface area contributed by atoms with Crippen LogP contribution in [0.3, 0.4) is 0 Å². The van der Waals surface area contributed by atoms with Crippen molar-refractivity contribution in [1.29, 1.82) is 0 Å². The number of ether oxygens (including phenoxy) is 1. The number of aromatic nitrogens is 3. The van der Waals surface area contributed by atoms with Crippen LogP contribution in [0.25, 0.3) is 16.9 Å². The molecule has 2 fully saturated rings. The van der Waals surface area contributed by atoms with Crippen LogP contribution in [0.15, 0.2) is 42.6 Å². The Kier molecular flexibility index (Phi) is 5.94. The quantitative estimate of drug-likeness (QED) is 0.613. The van der Waals surface area contributed by atoms with Gasteiger partial charge in [-0.05, 0) is 56.8 Å². The van der Waals surface area contributed by atoms with Gasteiger partial charge in [0.15, 0.2) is 5.65 Å². The van der Waals surface area contributed by atoms with E-state index < -0.39 is 0 Å². The molecule has 1 aromatic carbocycles. The Bertz CT molecular complexity index is 1070. The Labute approximate surface area is 188 Å². The number of hydrogen-bond acceptors (Lipinski definition) is 6. The van der Waals surface area contributed by atoms with Gasteiger partial charge in [0.1, 0.15) is 5.82 Å². The minimum absolute atomic E-state index is 0.116. The van der Waals surface area contributed by atoms with Crippen LogP contribution in [0.4, 0.5) is 10.6 Å². The van der Waals surface area contributed by atoms with Gasteiger partial charge < -0.3 is 20.3 Å². The summed E-state index contributed by atoms with van der Waals surface area (Å²) < 4.78 is 7.07. The van der Waals surface area contributed by atoms with Crippen molar-refractivity contribution in [3.63, 3.8) is 0 Å². The van der Waals surface area contributed by atoms with E-state index in [1.54, 1.807) is 0 Å². The van der Waals surface area contributed by atoms with Gasteiger partial charge in [-0.2, -0.15) is 0 Å². The smallest absolute Gasteiger partial charge is 0.410 e. The maximum absolute atomic E-state index is 12.2. The largest absolute Gasteiger partial charge is 0.450 e. The highest BCUT2D eigenvalue weighted by molar-refractivity contribution is 5.68. The minimum Gasteiger partial charge on any atom is -0.450 e. The lowest BCUT2D eigenvalue weighted by atomic mass is 10.0. The summed E-state index contributed by atoms with van der Waals surface area (Å²) in [5, 5.41) is 11.7. The zero-order chi connectivity index (χ0) is 21.9. The van der Waals surface area contributed by atoms with Crippen molar-refractivity contribution in [2.45, 2.75) is 44.7 Å². The normalized spacial score (nSPS) is 20.7. The Morgan fingerprint density at radius 2 is 2.06 bits per heavy atom. The Morgan fingerprint density at radius 1 is 1.19 bits per heavy atom. The highest BCUT2D eigenvalue weighted by atomic mass is 16.6. The van der Waals surface area contributed by atoms with E-state index in [0.717, 1.165) is 48.7 Å². The number of nitrogens with one attached hydrogen (secondary N) is 2. The zero-order valence-corrected chi connectivity index (χ0v) is 18.5. The molecule has 168 valence electrons. The second-order valence-corrected chi connectivity index (χ2v) is 8.47. The molecular weight excluding hydrogens is 404 g/mol. The number of fused-ring (bicyclic) bond motifs is 1. The van der Waals surface area contributed by atoms with Gasteiger partial charge >= 0.3 is 6.09 Å². The standard InChI is InChI=1S/C24H30N6O2/c1-2-32-24(31)29-14-4-5-19(29)15-26-22-11-12-23-27-16-21(30(23)28-22)18-9-7-17(8-10-18)20-6-3-13-25-20/h7-12,16,19-20,25H,2-6,13-15H2,1H3,(H,26,28)/t19-,20?/m0/s1. The second kappa shape index (κ2) is 9.16. The Balaban J connectivity index is 1.31. The van der Waals surface area contributed by atoms with Crippen LogP contribution in [-0.2, 0) is 4.74 Å². The monoisotopic (exact) mass is 434 g/mol. The molecule has 4 heterocycles. The van der Waals surface area contributed by atoms with E-state index in [9.17, 15) is 4.79 Å². The molecule has 2 atom stereocenters. The summed E-state index contributed by atoms with van der Waals surface area (Å²) in [7, 11) is 0. The third-order valence-electron chi connectivity index (χ3n) is 6.43. The fourth-order valence-electron chi connectivity index (χ4n) is 4.74. The van der Waals surface area contributed by atoms with Crippen LogP contribution in [0, 0.1) is 0 Å². The van der Waals surface area contributed by atoms with Crippen LogP contribution in [0.2, 0.25) is 0 Å². The average molecular weight is 435 g/mol. The summed E-state index contributed by atoms with van der Waals surface area (Å²) >= 11 is 0. The van der Waals surface area contributed by atoms with Gasteiger partial charge in [0.05, 0.1) is 24.5 Å². The third-order valence-corrected chi connectivity index (χ3v) is 6.43. The van der Waals surface area contributed by atoms with Crippen molar-refractivity contribution in [3.05, 3.63) is 48.2 Å². The Hall–Kier alpha value is -3.13. The van der Waals surface area contributed by atoms with Crippen molar-refractivity contribution in [3.8, 4) is 11.3 Å². The predicted molar refractivity (Wildman–Crippen MR) is 124 cm³/mol. The maximum Gasteiger partial charge on any atom is 0.410 e.